The molecule has 0 radical (unpaired) electrons. The van der Waals surface area contributed by atoms with Crippen LogP contribution in [0.25, 0.3) is 69.5 Å². The van der Waals surface area contributed by atoms with Crippen LogP contribution in [0.1, 0.15) is 178 Å². The van der Waals surface area contributed by atoms with Crippen molar-refractivity contribution in [2.45, 2.75) is 167 Å². The van der Waals surface area contributed by atoms with Crippen LogP contribution in [0.4, 0.5) is 0 Å². The number of unbranched alkanes of at least 4 members (excludes halogenated alkanes) is 1. The van der Waals surface area contributed by atoms with Gasteiger partial charge in [0.25, 0.3) is 0 Å². The molecule has 0 fully saturated rings. The molecular formula is C108H131N27Os2W2+2. The molecule has 0 saturated heterocycles. The molecule has 0 aliphatic heterocycles. The molecule has 0 aliphatic carbocycles. The van der Waals surface area contributed by atoms with Crippen molar-refractivity contribution >= 4 is 0 Å². The van der Waals surface area contributed by atoms with Crippen LogP contribution in [0, 0.1) is 21.0 Å². The first-order valence-corrected chi connectivity index (χ1v) is 46.8. The fourth-order valence-electron chi connectivity index (χ4n) is 17.2. The van der Waals surface area contributed by atoms with Crippen molar-refractivity contribution in [1.82, 2.24) is 111 Å². The molecule has 0 saturated carbocycles. The molecule has 18 aromatic heterocycles. The van der Waals surface area contributed by atoms with Gasteiger partial charge in [0.2, 0.25) is 0 Å². The second-order valence-electron chi connectivity index (χ2n) is 34.4. The molecule has 27 nitrogen and oxygen atoms in total. The summed E-state index contributed by atoms with van der Waals surface area (Å²) in [5, 5.41) is 0. The van der Waals surface area contributed by atoms with E-state index in [4.69, 9.17) is 0 Å². The van der Waals surface area contributed by atoms with Crippen molar-refractivity contribution in [3.63, 3.8) is 0 Å². The monoisotopic (exact) mass is 2560 g/mol. The molecule has 0 spiro atoms. The molecule has 139 heavy (non-hydrogen) atoms. The van der Waals surface area contributed by atoms with Gasteiger partial charge in [-0.15, -0.1) is 0 Å². The van der Waals surface area contributed by atoms with E-state index in [0.29, 0.717) is 35.5 Å². The van der Waals surface area contributed by atoms with E-state index in [0.717, 1.165) is 172 Å². The van der Waals surface area contributed by atoms with E-state index in [2.05, 4.69) is 266 Å². The molecule has 0 amide bonds. The van der Waals surface area contributed by atoms with Crippen molar-refractivity contribution in [3.8, 4) is 69.5 Å². The van der Waals surface area contributed by atoms with Crippen LogP contribution in [-0.4, -0.2) is 111 Å². The van der Waals surface area contributed by atoms with E-state index in [9.17, 15) is 0 Å². The van der Waals surface area contributed by atoms with Gasteiger partial charge in [-0.2, -0.15) is 0 Å². The van der Waals surface area contributed by atoms with Gasteiger partial charge >= 0.3 is 0 Å². The van der Waals surface area contributed by atoms with Gasteiger partial charge in [0.15, 0.2) is 77.2 Å². The summed E-state index contributed by atoms with van der Waals surface area (Å²) in [6.45, 7) is 14.2. The van der Waals surface area contributed by atoms with Crippen LogP contribution < -0.4 is 18.3 Å². The number of hydrogen-bond donors (Lipinski definition) is 0. The van der Waals surface area contributed by atoms with E-state index in [1.54, 1.807) is 49.6 Å². The summed E-state index contributed by atoms with van der Waals surface area (Å²) in [5.41, 5.74) is 13.6. The van der Waals surface area contributed by atoms with E-state index in [-0.39, 0.29) is 81.7 Å². The SMILES string of the molecule is Cn1ccnc1-c1nccn1C.Cn1ccnc1-c1nccn1C.Cn1ccnc1-c1nccn1C.Cn1ccnc1-c1nccn1C.[CH2-][n+]1ccc(C(CC)CC(CC(CC)c2cc[n+](CCCCc3ccnc(-c4ccccn4)c3)cc2)c2ccncc2)cc1.[CH2-][n+]1ccc(C(CC)CC(CC(CC)c2cc[n+](CCCn3ccnc3-c3cccc(C)n3)cc2)c2ccncc2)cc1.[Os].[Os].[W].[W]. The first-order chi connectivity index (χ1) is 65.8. The van der Waals surface area contributed by atoms with Crippen molar-refractivity contribution in [2.24, 2.45) is 56.4 Å². The predicted octanol–water partition coefficient (Wildman–Crippen LogP) is 18.5. The van der Waals surface area contributed by atoms with Gasteiger partial charge in [-0.25, -0.2) is 59.0 Å². The summed E-state index contributed by atoms with van der Waals surface area (Å²) in [7, 11) is 23.6. The molecule has 6 unspecified atom stereocenters. The maximum absolute atomic E-state index is 4.66. The number of pyridine rings is 9. The molecule has 18 heterocycles. The van der Waals surface area contributed by atoms with E-state index >= 15 is 0 Å². The number of nitrogens with zero attached hydrogens (tertiary/aromatic N) is 27. The van der Waals surface area contributed by atoms with Gasteiger partial charge in [-0.05, 0) is 195 Å². The average molecular weight is 2560 g/mol. The third kappa shape index (κ3) is 31.6. The zero-order valence-corrected chi connectivity index (χ0v) is 93.1. The van der Waals surface area contributed by atoms with E-state index in [1.165, 1.54) is 38.9 Å². The van der Waals surface area contributed by atoms with Crippen molar-refractivity contribution in [2.75, 3.05) is 0 Å². The third-order valence-electron chi connectivity index (χ3n) is 25.1. The third-order valence-corrected chi connectivity index (χ3v) is 25.1. The van der Waals surface area contributed by atoms with Gasteiger partial charge < -0.3 is 50.2 Å². The number of imidazole rings is 9. The molecular weight excluding hydrogens is 2420 g/mol. The topological polar surface area (TPSA) is 240 Å². The zero-order chi connectivity index (χ0) is 94.8. The number of aryl methyl sites for hydroxylation is 13. The van der Waals surface area contributed by atoms with Crippen LogP contribution in [0.15, 0.2) is 320 Å². The number of aromatic nitrogens is 27. The largest absolute Gasteiger partial charge is 0.339 e. The van der Waals surface area contributed by atoms with Gasteiger partial charge in [0.1, 0.15) is 18.8 Å². The molecule has 0 aromatic carbocycles. The van der Waals surface area contributed by atoms with Crippen LogP contribution in [0.2, 0.25) is 0 Å². The second kappa shape index (κ2) is 56.6. The molecule has 0 N–H and O–H groups in total. The van der Waals surface area contributed by atoms with Crippen molar-refractivity contribution in [3.05, 3.63) is 378 Å². The molecule has 0 aliphatic rings. The molecule has 18 aromatic rings. The van der Waals surface area contributed by atoms with Crippen LogP contribution in [0.5, 0.6) is 0 Å². The summed E-state index contributed by atoms with van der Waals surface area (Å²) >= 11 is 0. The first-order valence-electron chi connectivity index (χ1n) is 46.8. The average Bonchev–Trinajstić information content (AvgIpc) is 1.65. The Hall–Kier alpha value is -12.4. The second-order valence-corrected chi connectivity index (χ2v) is 34.4. The maximum Gasteiger partial charge on any atom is 0.176 e. The summed E-state index contributed by atoms with van der Waals surface area (Å²) in [5.74, 6) is 11.0. The zero-order valence-electron chi connectivity index (χ0n) is 82.1. The minimum atomic E-state index is 0. The standard InChI is InChI=1S/C39H46N5.C37H45N6.4C8H10N4.2Os.2W/c1-4-32(35-15-24-43(3)25-16-35)29-37(34-13-20-40-21-14-34)30-33(5-2)36-17-26-44(27-18-36)23-9-7-10-31-12-22-42-39(28-31)38-11-6-8-19-41-38;1-5-30(33-13-22-41(4)23-14-33)27-35(32-11-17-38-18-12-32)28-31(6-2)34-15-24-42(25-16-34)20-8-21-43-26-19-39-37(43)36-10-7-9-29(3)40-36;4*1-11-5-3-9-7(11)8-10-4-6-12(8)2;;;;/h6,8,11-22,24-28,32-33,37H,3-5,7,9-10,23,29-30H2,1-2H3;7,9-19,22-26,30-31,35H,4-6,8,20-21,27-28H2,1-3H3;4*3-6H,1-2H3;;;;/q2*+1;;;;;;;;. The Morgan fingerprint density at radius 3 is 0.914 bits per heavy atom. The quantitative estimate of drug-likeness (QED) is 0.0211. The number of rotatable bonds is 33. The minimum absolute atomic E-state index is 0. The summed E-state index contributed by atoms with van der Waals surface area (Å²) in [6.07, 6.45) is 75.4. The van der Waals surface area contributed by atoms with Gasteiger partial charge in [-0.3, -0.25) is 19.9 Å². The van der Waals surface area contributed by atoms with Crippen LogP contribution >= 0.6 is 0 Å². The predicted molar refractivity (Wildman–Crippen MR) is 529 cm³/mol. The van der Waals surface area contributed by atoms with Crippen LogP contribution in [-0.2, 0) is 164 Å². The number of hydrogen-bond acceptors (Lipinski definition) is 14. The Balaban J connectivity index is 0.000000206. The Morgan fingerprint density at radius 2 is 0.597 bits per heavy atom. The Bertz CT molecular complexity index is 6040. The van der Waals surface area contributed by atoms with Gasteiger partial charge in [-0.1, -0.05) is 75.2 Å². The fourth-order valence-corrected chi connectivity index (χ4v) is 17.2. The van der Waals surface area contributed by atoms with E-state index in [1.807, 2.05) is 238 Å². The summed E-state index contributed by atoms with van der Waals surface area (Å²) < 4.78 is 26.1. The fraction of sp³-hybridized carbons (Fsp3) is 0.315. The summed E-state index contributed by atoms with van der Waals surface area (Å²) in [6, 6.07) is 43.5. The molecule has 724 valence electrons. The molecule has 18 rings (SSSR count). The normalized spacial score (nSPS) is 12.0. The smallest absolute Gasteiger partial charge is 0.176 e. The van der Waals surface area contributed by atoms with Crippen molar-refractivity contribution < 1.29 is 100.0 Å². The molecule has 0 bridgehead atoms. The van der Waals surface area contributed by atoms with Crippen LogP contribution in [0.3, 0.4) is 0 Å². The molecule has 31 heteroatoms. The van der Waals surface area contributed by atoms with Crippen molar-refractivity contribution in [1.29, 1.82) is 0 Å². The summed E-state index contributed by atoms with van der Waals surface area (Å²) in [4.78, 5) is 60.4. The maximum atomic E-state index is 4.66. The Labute approximate surface area is 874 Å². The van der Waals surface area contributed by atoms with Gasteiger partial charge in [0, 0.05) is 350 Å². The molecule has 6 atom stereocenters. The van der Waals surface area contributed by atoms with E-state index < -0.39 is 0 Å². The Kier molecular flexibility index (Phi) is 44.9. The minimum Gasteiger partial charge on any atom is -0.339 e. The Morgan fingerprint density at radius 1 is 0.288 bits per heavy atom. The van der Waals surface area contributed by atoms with Gasteiger partial charge in [0.05, 0.1) is 36.2 Å². The first kappa shape index (κ1) is 110.